The van der Waals surface area contributed by atoms with E-state index in [9.17, 15) is 14.7 Å². The van der Waals surface area contributed by atoms with Gasteiger partial charge in [-0.2, -0.15) is 0 Å². The number of carbonyl (C=O) groups is 2. The number of aliphatic carboxylic acids is 1. The normalized spacial score (nSPS) is 12.9. The third-order valence-electron chi connectivity index (χ3n) is 3.71. The first kappa shape index (κ1) is 17.3. The van der Waals surface area contributed by atoms with Crippen molar-refractivity contribution in [2.45, 2.75) is 25.5 Å². The van der Waals surface area contributed by atoms with Crippen molar-refractivity contribution in [1.29, 1.82) is 0 Å². The summed E-state index contributed by atoms with van der Waals surface area (Å²) >= 11 is 0. The van der Waals surface area contributed by atoms with Gasteiger partial charge in [0.15, 0.2) is 0 Å². The molecule has 1 amide bonds. The van der Waals surface area contributed by atoms with Crippen LogP contribution in [0.3, 0.4) is 0 Å². The maximum atomic E-state index is 11.9. The fraction of sp³-hybridized carbons (Fsp3) is 0.222. The average Bonchev–Trinajstić information content (AvgIpc) is 2.59. The molecule has 24 heavy (non-hydrogen) atoms. The first-order valence-corrected chi connectivity index (χ1v) is 7.53. The summed E-state index contributed by atoms with van der Waals surface area (Å²) in [5.74, 6) is -1.51. The zero-order valence-electron chi connectivity index (χ0n) is 13.3. The molecule has 0 fully saturated rings. The Hall–Kier alpha value is -3.02. The topological polar surface area (TPSA) is 102 Å². The number of nitrogens with two attached hydrogens (primary N) is 1. The van der Waals surface area contributed by atoms with Gasteiger partial charge in [0.2, 0.25) is 0 Å². The van der Waals surface area contributed by atoms with Crippen LogP contribution in [0.4, 0.5) is 10.5 Å². The van der Waals surface area contributed by atoms with Crippen molar-refractivity contribution in [1.82, 2.24) is 5.32 Å². The van der Waals surface area contributed by atoms with E-state index in [2.05, 4.69) is 5.32 Å². The molecule has 0 aliphatic rings. The fourth-order valence-corrected chi connectivity index (χ4v) is 2.28. The van der Waals surface area contributed by atoms with Crippen molar-refractivity contribution in [3.8, 4) is 0 Å². The summed E-state index contributed by atoms with van der Waals surface area (Å²) < 4.78 is 5.08. The zero-order valence-corrected chi connectivity index (χ0v) is 13.3. The lowest BCUT2D eigenvalue weighted by Gasteiger charge is -2.21. The van der Waals surface area contributed by atoms with Crippen molar-refractivity contribution >= 4 is 17.7 Å². The van der Waals surface area contributed by atoms with Crippen LogP contribution in [0.1, 0.15) is 24.0 Å². The lowest BCUT2D eigenvalue weighted by Crippen LogP contribution is -2.44. The molecule has 0 saturated heterocycles. The van der Waals surface area contributed by atoms with Gasteiger partial charge >= 0.3 is 12.1 Å². The molecule has 1 unspecified atom stereocenters. The van der Waals surface area contributed by atoms with Crippen LogP contribution in [0.2, 0.25) is 0 Å². The Morgan fingerprint density at radius 3 is 2.33 bits per heavy atom. The van der Waals surface area contributed by atoms with Crippen LogP contribution in [-0.2, 0) is 16.1 Å². The summed E-state index contributed by atoms with van der Waals surface area (Å²) in [7, 11) is 0. The van der Waals surface area contributed by atoms with Gasteiger partial charge in [0.1, 0.15) is 12.6 Å². The number of ether oxygens (including phenoxy) is 1. The minimum atomic E-state index is -1.12. The number of nitrogen functional groups attached to an aromatic ring is 1. The molecule has 6 nitrogen and oxygen atoms in total. The number of hydrogen-bond acceptors (Lipinski definition) is 4. The first-order valence-electron chi connectivity index (χ1n) is 7.53. The summed E-state index contributed by atoms with van der Waals surface area (Å²) in [4.78, 5) is 23.4. The number of benzene rings is 2. The number of carbonyl (C=O) groups excluding carboxylic acids is 1. The molecule has 2 rings (SSSR count). The molecule has 2 atom stereocenters. The number of hydrogen-bond donors (Lipinski definition) is 3. The van der Waals surface area contributed by atoms with Crippen LogP contribution in [0.15, 0.2) is 54.6 Å². The lowest BCUT2D eigenvalue weighted by atomic mass is 9.93. The minimum absolute atomic E-state index is 0.0399. The second kappa shape index (κ2) is 8.01. The highest BCUT2D eigenvalue weighted by molar-refractivity contribution is 5.81. The quantitative estimate of drug-likeness (QED) is 0.708. The summed E-state index contributed by atoms with van der Waals surface area (Å²) in [6.07, 6.45) is -0.776. The van der Waals surface area contributed by atoms with Crippen molar-refractivity contribution in [3.05, 3.63) is 65.7 Å². The predicted octanol–water partition coefficient (Wildman–Crippen LogP) is 2.75. The molecule has 0 radical (unpaired) electrons. The molecule has 0 bridgehead atoms. The molecule has 0 aliphatic carbocycles. The molecule has 2 aromatic rings. The Morgan fingerprint density at radius 2 is 1.75 bits per heavy atom. The highest BCUT2D eigenvalue weighted by Crippen LogP contribution is 2.19. The smallest absolute Gasteiger partial charge is 0.408 e. The Kier molecular flexibility index (Phi) is 5.78. The molecule has 4 N–H and O–H groups in total. The van der Waals surface area contributed by atoms with Gasteiger partial charge in [-0.3, -0.25) is 0 Å². The summed E-state index contributed by atoms with van der Waals surface area (Å²) in [5.41, 5.74) is 7.79. The van der Waals surface area contributed by atoms with E-state index in [-0.39, 0.29) is 6.61 Å². The van der Waals surface area contributed by atoms with E-state index in [4.69, 9.17) is 10.5 Å². The van der Waals surface area contributed by atoms with Gasteiger partial charge in [-0.15, -0.1) is 0 Å². The second-order valence-corrected chi connectivity index (χ2v) is 5.48. The SMILES string of the molecule is CC(c1ccccc1)[C@H](NC(=O)OCc1ccc(N)cc1)C(=O)O. The van der Waals surface area contributed by atoms with Gasteiger partial charge in [0.25, 0.3) is 0 Å². The fourth-order valence-electron chi connectivity index (χ4n) is 2.28. The largest absolute Gasteiger partial charge is 0.480 e. The van der Waals surface area contributed by atoms with Gasteiger partial charge in [-0.05, 0) is 23.3 Å². The highest BCUT2D eigenvalue weighted by atomic mass is 16.5. The molecule has 0 heterocycles. The standard InChI is InChI=1S/C18H20N2O4/c1-12(14-5-3-2-4-6-14)16(17(21)22)20-18(23)24-11-13-7-9-15(19)10-8-13/h2-10,12,16H,11,19H2,1H3,(H,20,23)(H,21,22)/t12?,16-/m0/s1. The molecule has 6 heteroatoms. The first-order chi connectivity index (χ1) is 11.5. The van der Waals surface area contributed by atoms with E-state index in [1.165, 1.54) is 0 Å². The number of carboxylic acids is 1. The average molecular weight is 328 g/mol. The van der Waals surface area contributed by atoms with Crippen LogP contribution in [-0.4, -0.2) is 23.2 Å². The maximum Gasteiger partial charge on any atom is 0.408 e. The Balaban J connectivity index is 1.96. The van der Waals surface area contributed by atoms with Gasteiger partial charge in [0, 0.05) is 11.6 Å². The number of anilines is 1. The van der Waals surface area contributed by atoms with Crippen molar-refractivity contribution < 1.29 is 19.4 Å². The summed E-state index contributed by atoms with van der Waals surface area (Å²) in [6, 6.07) is 14.9. The Morgan fingerprint density at radius 1 is 1.12 bits per heavy atom. The molecule has 0 aromatic heterocycles. The molecular formula is C18H20N2O4. The molecule has 126 valence electrons. The van der Waals surface area contributed by atoms with Gasteiger partial charge in [-0.25, -0.2) is 9.59 Å². The van der Waals surface area contributed by atoms with E-state index >= 15 is 0 Å². The number of alkyl carbamates (subject to hydrolysis) is 1. The van der Waals surface area contributed by atoms with Crippen molar-refractivity contribution in [3.63, 3.8) is 0 Å². The van der Waals surface area contributed by atoms with E-state index in [0.29, 0.717) is 5.69 Å². The maximum absolute atomic E-state index is 11.9. The molecule has 0 aliphatic heterocycles. The molecule has 0 spiro atoms. The number of nitrogens with one attached hydrogen (secondary N) is 1. The van der Waals surface area contributed by atoms with Crippen LogP contribution < -0.4 is 11.1 Å². The lowest BCUT2D eigenvalue weighted by molar-refractivity contribution is -0.139. The zero-order chi connectivity index (χ0) is 17.5. The van der Waals surface area contributed by atoms with E-state index < -0.39 is 24.0 Å². The number of carboxylic acid groups (broad SMARTS) is 1. The Labute approximate surface area is 140 Å². The predicted molar refractivity (Wildman–Crippen MR) is 90.5 cm³/mol. The van der Waals surface area contributed by atoms with Crippen LogP contribution >= 0.6 is 0 Å². The number of amides is 1. The number of rotatable bonds is 6. The Bertz CT molecular complexity index is 686. The summed E-state index contributed by atoms with van der Waals surface area (Å²) in [6.45, 7) is 1.78. The van der Waals surface area contributed by atoms with Gasteiger partial charge in [-0.1, -0.05) is 49.4 Å². The third kappa shape index (κ3) is 4.74. The summed E-state index contributed by atoms with van der Waals surface area (Å²) in [5, 5.41) is 11.8. The minimum Gasteiger partial charge on any atom is -0.480 e. The molecule has 2 aromatic carbocycles. The van der Waals surface area contributed by atoms with Gasteiger partial charge in [0.05, 0.1) is 0 Å². The van der Waals surface area contributed by atoms with Crippen molar-refractivity contribution in [2.75, 3.05) is 5.73 Å². The van der Waals surface area contributed by atoms with Crippen LogP contribution in [0.5, 0.6) is 0 Å². The highest BCUT2D eigenvalue weighted by Gasteiger charge is 2.28. The van der Waals surface area contributed by atoms with E-state index in [1.807, 2.05) is 30.3 Å². The monoisotopic (exact) mass is 328 g/mol. The van der Waals surface area contributed by atoms with Crippen LogP contribution in [0.25, 0.3) is 0 Å². The van der Waals surface area contributed by atoms with Crippen LogP contribution in [0, 0.1) is 0 Å². The van der Waals surface area contributed by atoms with Gasteiger partial charge < -0.3 is 20.9 Å². The third-order valence-corrected chi connectivity index (χ3v) is 3.71. The second-order valence-electron chi connectivity index (χ2n) is 5.48. The molecular weight excluding hydrogens is 308 g/mol. The molecule has 0 saturated carbocycles. The van der Waals surface area contributed by atoms with E-state index in [0.717, 1.165) is 11.1 Å². The van der Waals surface area contributed by atoms with Crippen molar-refractivity contribution in [2.24, 2.45) is 0 Å². The van der Waals surface area contributed by atoms with E-state index in [1.54, 1.807) is 31.2 Å².